The summed E-state index contributed by atoms with van der Waals surface area (Å²) < 4.78 is 5.12. The van der Waals surface area contributed by atoms with E-state index in [1.54, 1.807) is 6.07 Å². The number of aromatic nitrogens is 2. The van der Waals surface area contributed by atoms with E-state index in [9.17, 15) is 4.79 Å². The van der Waals surface area contributed by atoms with Gasteiger partial charge in [-0.3, -0.25) is 0 Å². The SMILES string of the molecule is CCc1cc(NCc2ccc(C(=O)O)o2)ncn1. The van der Waals surface area contributed by atoms with Crippen LogP contribution in [-0.2, 0) is 13.0 Å². The summed E-state index contributed by atoms with van der Waals surface area (Å²) in [6.07, 6.45) is 2.33. The lowest BCUT2D eigenvalue weighted by Crippen LogP contribution is -2.02. The minimum Gasteiger partial charge on any atom is -0.475 e. The molecule has 0 saturated heterocycles. The van der Waals surface area contributed by atoms with Crippen LogP contribution in [0.2, 0.25) is 0 Å². The van der Waals surface area contributed by atoms with Gasteiger partial charge in [-0.2, -0.15) is 0 Å². The second-order valence-corrected chi connectivity index (χ2v) is 3.67. The molecule has 94 valence electrons. The highest BCUT2D eigenvalue weighted by molar-refractivity contribution is 5.84. The maximum atomic E-state index is 10.6. The number of aromatic carboxylic acids is 1. The fourth-order valence-electron chi connectivity index (χ4n) is 1.45. The Balaban J connectivity index is 1.99. The van der Waals surface area contributed by atoms with Crippen LogP contribution in [0, 0.1) is 0 Å². The second kappa shape index (κ2) is 5.31. The fraction of sp³-hybridized carbons (Fsp3) is 0.250. The van der Waals surface area contributed by atoms with Gasteiger partial charge in [-0.05, 0) is 18.6 Å². The van der Waals surface area contributed by atoms with Crippen LogP contribution >= 0.6 is 0 Å². The van der Waals surface area contributed by atoms with Crippen molar-refractivity contribution < 1.29 is 14.3 Å². The molecule has 6 heteroatoms. The van der Waals surface area contributed by atoms with E-state index >= 15 is 0 Å². The first-order valence-electron chi connectivity index (χ1n) is 5.56. The van der Waals surface area contributed by atoms with Crippen LogP contribution in [0.3, 0.4) is 0 Å². The molecule has 2 aromatic heterocycles. The van der Waals surface area contributed by atoms with Crippen LogP contribution in [0.15, 0.2) is 28.9 Å². The number of carbonyl (C=O) groups is 1. The van der Waals surface area contributed by atoms with Crippen molar-refractivity contribution in [1.29, 1.82) is 0 Å². The van der Waals surface area contributed by atoms with Gasteiger partial charge in [-0.1, -0.05) is 6.92 Å². The van der Waals surface area contributed by atoms with Crippen molar-refractivity contribution in [1.82, 2.24) is 9.97 Å². The van der Waals surface area contributed by atoms with Crippen molar-refractivity contribution in [2.45, 2.75) is 19.9 Å². The zero-order valence-electron chi connectivity index (χ0n) is 9.88. The van der Waals surface area contributed by atoms with E-state index in [1.165, 1.54) is 12.4 Å². The van der Waals surface area contributed by atoms with Crippen LogP contribution in [0.4, 0.5) is 5.82 Å². The van der Waals surface area contributed by atoms with E-state index in [1.807, 2.05) is 13.0 Å². The number of hydrogen-bond acceptors (Lipinski definition) is 5. The number of nitrogens with zero attached hydrogens (tertiary/aromatic N) is 2. The van der Waals surface area contributed by atoms with Gasteiger partial charge in [0.15, 0.2) is 0 Å². The average molecular weight is 247 g/mol. The molecule has 0 spiro atoms. The highest BCUT2D eigenvalue weighted by Gasteiger charge is 2.08. The highest BCUT2D eigenvalue weighted by atomic mass is 16.4. The number of carboxylic acid groups (broad SMARTS) is 1. The molecule has 0 unspecified atom stereocenters. The molecule has 0 fully saturated rings. The van der Waals surface area contributed by atoms with Crippen LogP contribution in [0.25, 0.3) is 0 Å². The number of aryl methyl sites for hydroxylation is 1. The number of rotatable bonds is 5. The Morgan fingerprint density at radius 1 is 1.44 bits per heavy atom. The Labute approximate surface area is 104 Å². The van der Waals surface area contributed by atoms with Crippen molar-refractivity contribution in [3.05, 3.63) is 41.7 Å². The topological polar surface area (TPSA) is 88.2 Å². The lowest BCUT2D eigenvalue weighted by molar-refractivity contribution is 0.0660. The molecule has 0 bridgehead atoms. The van der Waals surface area contributed by atoms with Crippen molar-refractivity contribution in [2.75, 3.05) is 5.32 Å². The predicted molar refractivity (Wildman–Crippen MR) is 64.4 cm³/mol. The molecule has 18 heavy (non-hydrogen) atoms. The van der Waals surface area contributed by atoms with Gasteiger partial charge >= 0.3 is 5.97 Å². The molecule has 0 aliphatic rings. The molecule has 0 aliphatic heterocycles. The third kappa shape index (κ3) is 2.85. The van der Waals surface area contributed by atoms with Gasteiger partial charge in [0.2, 0.25) is 5.76 Å². The van der Waals surface area contributed by atoms with E-state index in [0.29, 0.717) is 18.1 Å². The van der Waals surface area contributed by atoms with Crippen LogP contribution in [0.1, 0.15) is 28.9 Å². The first-order chi connectivity index (χ1) is 8.69. The zero-order chi connectivity index (χ0) is 13.0. The Bertz CT molecular complexity index is 551. The standard InChI is InChI=1S/C12H13N3O3/c1-2-8-5-11(15-7-14-8)13-6-9-3-4-10(18-9)12(16)17/h3-5,7H,2,6H2,1H3,(H,16,17)(H,13,14,15). The first-order valence-corrected chi connectivity index (χ1v) is 5.56. The lowest BCUT2D eigenvalue weighted by atomic mass is 10.3. The van der Waals surface area contributed by atoms with Crippen LogP contribution < -0.4 is 5.32 Å². The molecule has 0 atom stereocenters. The summed E-state index contributed by atoms with van der Waals surface area (Å²) in [5.74, 6) is 0.0967. The summed E-state index contributed by atoms with van der Waals surface area (Å²) in [7, 11) is 0. The first kappa shape index (κ1) is 12.1. The van der Waals surface area contributed by atoms with Crippen molar-refractivity contribution >= 4 is 11.8 Å². The normalized spacial score (nSPS) is 10.3. The number of carboxylic acids is 1. The Morgan fingerprint density at radius 2 is 2.28 bits per heavy atom. The van der Waals surface area contributed by atoms with Gasteiger partial charge in [0.1, 0.15) is 17.9 Å². The van der Waals surface area contributed by atoms with E-state index < -0.39 is 5.97 Å². The maximum absolute atomic E-state index is 10.6. The molecule has 2 N–H and O–H groups in total. The highest BCUT2D eigenvalue weighted by Crippen LogP contribution is 2.11. The minimum atomic E-state index is -1.07. The lowest BCUT2D eigenvalue weighted by Gasteiger charge is -2.04. The third-order valence-corrected chi connectivity index (χ3v) is 2.40. The average Bonchev–Trinajstić information content (AvgIpc) is 2.85. The van der Waals surface area contributed by atoms with Gasteiger partial charge in [0, 0.05) is 11.8 Å². The van der Waals surface area contributed by atoms with Gasteiger partial charge in [-0.15, -0.1) is 0 Å². The molecule has 2 heterocycles. The number of furan rings is 1. The smallest absolute Gasteiger partial charge is 0.371 e. The molecule has 0 aromatic carbocycles. The predicted octanol–water partition coefficient (Wildman–Crippen LogP) is 1.94. The molecule has 0 aliphatic carbocycles. The summed E-state index contributed by atoms with van der Waals surface area (Å²) in [5, 5.41) is 11.8. The number of anilines is 1. The number of nitrogens with one attached hydrogen (secondary N) is 1. The summed E-state index contributed by atoms with van der Waals surface area (Å²) in [4.78, 5) is 18.8. The number of hydrogen-bond donors (Lipinski definition) is 2. The van der Waals surface area contributed by atoms with E-state index in [2.05, 4.69) is 15.3 Å². The molecule has 6 nitrogen and oxygen atoms in total. The molecular formula is C12H13N3O3. The largest absolute Gasteiger partial charge is 0.475 e. The van der Waals surface area contributed by atoms with E-state index in [-0.39, 0.29) is 5.76 Å². The minimum absolute atomic E-state index is 0.0660. The molecule has 2 rings (SSSR count). The Hall–Kier alpha value is -2.37. The Morgan fingerprint density at radius 3 is 2.94 bits per heavy atom. The van der Waals surface area contributed by atoms with E-state index in [4.69, 9.17) is 9.52 Å². The second-order valence-electron chi connectivity index (χ2n) is 3.67. The van der Waals surface area contributed by atoms with Gasteiger partial charge in [-0.25, -0.2) is 14.8 Å². The molecule has 0 saturated carbocycles. The quantitative estimate of drug-likeness (QED) is 0.839. The Kier molecular flexibility index (Phi) is 3.57. The van der Waals surface area contributed by atoms with Gasteiger partial charge < -0.3 is 14.8 Å². The third-order valence-electron chi connectivity index (χ3n) is 2.40. The monoisotopic (exact) mass is 247 g/mol. The zero-order valence-corrected chi connectivity index (χ0v) is 9.88. The summed E-state index contributed by atoms with van der Waals surface area (Å²) >= 11 is 0. The van der Waals surface area contributed by atoms with Gasteiger partial charge in [0.25, 0.3) is 0 Å². The van der Waals surface area contributed by atoms with Gasteiger partial charge in [0.05, 0.1) is 6.54 Å². The molecular weight excluding hydrogens is 234 g/mol. The molecule has 0 radical (unpaired) electrons. The summed E-state index contributed by atoms with van der Waals surface area (Å²) in [6, 6.07) is 4.90. The summed E-state index contributed by atoms with van der Waals surface area (Å²) in [6.45, 7) is 2.39. The van der Waals surface area contributed by atoms with Crippen molar-refractivity contribution in [2.24, 2.45) is 0 Å². The van der Waals surface area contributed by atoms with E-state index in [0.717, 1.165) is 12.1 Å². The maximum Gasteiger partial charge on any atom is 0.371 e. The van der Waals surface area contributed by atoms with Crippen LogP contribution in [-0.4, -0.2) is 21.0 Å². The molecule has 0 amide bonds. The van der Waals surface area contributed by atoms with Crippen molar-refractivity contribution in [3.63, 3.8) is 0 Å². The summed E-state index contributed by atoms with van der Waals surface area (Å²) in [5.41, 5.74) is 0.943. The molecule has 2 aromatic rings. The van der Waals surface area contributed by atoms with Crippen LogP contribution in [0.5, 0.6) is 0 Å². The van der Waals surface area contributed by atoms with Crippen molar-refractivity contribution in [3.8, 4) is 0 Å². The fourth-order valence-corrected chi connectivity index (χ4v) is 1.45.